The third-order valence-corrected chi connectivity index (χ3v) is 6.20. The summed E-state index contributed by atoms with van der Waals surface area (Å²) in [6.07, 6.45) is 0. The molecule has 0 radical (unpaired) electrons. The van der Waals surface area contributed by atoms with Crippen molar-refractivity contribution in [1.82, 2.24) is 4.98 Å². The lowest BCUT2D eigenvalue weighted by atomic mass is 10.2. The number of nitrogens with zero attached hydrogens (tertiary/aromatic N) is 3. The molecule has 0 N–H and O–H groups in total. The average molecular weight is 456 g/mol. The second-order valence-corrected chi connectivity index (χ2v) is 8.32. The number of ether oxygens (including phenoxy) is 3. The lowest BCUT2D eigenvalue weighted by Crippen LogP contribution is -2.46. The Kier molecular flexibility index (Phi) is 6.38. The molecule has 0 unspecified atom stereocenters. The van der Waals surface area contributed by atoms with Crippen LogP contribution in [-0.4, -0.2) is 45.4 Å². The third kappa shape index (κ3) is 4.71. The zero-order valence-corrected chi connectivity index (χ0v) is 19.6. The van der Waals surface area contributed by atoms with Gasteiger partial charge in [-0.25, -0.2) is 4.98 Å². The van der Waals surface area contributed by atoms with Gasteiger partial charge in [-0.15, -0.1) is 0 Å². The van der Waals surface area contributed by atoms with Crippen molar-refractivity contribution in [2.45, 2.75) is 6.61 Å². The molecule has 0 bridgehead atoms. The van der Waals surface area contributed by atoms with Gasteiger partial charge in [-0.3, -0.25) is 0 Å². The Hall–Kier alpha value is -3.93. The SMILES string of the molecule is COc1cc(COc2cccc3ccc(N4CCN(c5ccccc5)CC4)nc23)cc(OC)c1. The van der Waals surface area contributed by atoms with Gasteiger partial charge in [-0.1, -0.05) is 30.3 Å². The summed E-state index contributed by atoms with van der Waals surface area (Å²) < 4.78 is 17.0. The highest BCUT2D eigenvalue weighted by Crippen LogP contribution is 2.29. The Bertz CT molecular complexity index is 1230. The van der Waals surface area contributed by atoms with Crippen LogP contribution in [0.2, 0.25) is 0 Å². The highest BCUT2D eigenvalue weighted by Gasteiger charge is 2.19. The first-order chi connectivity index (χ1) is 16.7. The van der Waals surface area contributed by atoms with Crippen molar-refractivity contribution in [2.24, 2.45) is 0 Å². The van der Waals surface area contributed by atoms with E-state index in [0.29, 0.717) is 6.61 Å². The van der Waals surface area contributed by atoms with Crippen LogP contribution in [-0.2, 0) is 6.61 Å². The van der Waals surface area contributed by atoms with Crippen molar-refractivity contribution >= 4 is 22.4 Å². The lowest BCUT2D eigenvalue weighted by Gasteiger charge is -2.36. The standard InChI is InChI=1S/C28H29N3O3/c1-32-24-17-21(18-25(19-24)33-2)20-34-26-10-6-7-22-11-12-27(29-28(22)26)31-15-13-30(14-16-31)23-8-4-3-5-9-23/h3-12,17-19H,13-16,20H2,1-2H3. The van der Waals surface area contributed by atoms with Crippen LogP contribution in [0.1, 0.15) is 5.56 Å². The van der Waals surface area contributed by atoms with Crippen LogP contribution in [0.5, 0.6) is 17.2 Å². The van der Waals surface area contributed by atoms with E-state index >= 15 is 0 Å². The lowest BCUT2D eigenvalue weighted by molar-refractivity contribution is 0.307. The maximum absolute atomic E-state index is 6.22. The summed E-state index contributed by atoms with van der Waals surface area (Å²) in [6, 6.07) is 26.6. The van der Waals surface area contributed by atoms with Crippen molar-refractivity contribution in [2.75, 3.05) is 50.2 Å². The van der Waals surface area contributed by atoms with Gasteiger partial charge >= 0.3 is 0 Å². The normalized spacial score (nSPS) is 13.7. The fraction of sp³-hybridized carbons (Fsp3) is 0.250. The summed E-state index contributed by atoms with van der Waals surface area (Å²) in [5, 5.41) is 1.06. The number of rotatable bonds is 7. The molecule has 4 aromatic rings. The molecule has 1 aliphatic rings. The number of hydrogen-bond acceptors (Lipinski definition) is 6. The minimum atomic E-state index is 0.397. The van der Waals surface area contributed by atoms with E-state index in [1.807, 2.05) is 30.3 Å². The molecule has 34 heavy (non-hydrogen) atoms. The number of pyridine rings is 1. The predicted molar refractivity (Wildman–Crippen MR) is 136 cm³/mol. The number of benzene rings is 3. The monoisotopic (exact) mass is 455 g/mol. The zero-order valence-electron chi connectivity index (χ0n) is 19.6. The van der Waals surface area contributed by atoms with Crippen molar-refractivity contribution in [3.8, 4) is 17.2 Å². The Morgan fingerprint density at radius 2 is 1.44 bits per heavy atom. The van der Waals surface area contributed by atoms with Gasteiger partial charge in [-0.2, -0.15) is 0 Å². The maximum Gasteiger partial charge on any atom is 0.146 e. The summed E-state index contributed by atoms with van der Waals surface area (Å²) in [6.45, 7) is 4.20. The number of hydrogen-bond donors (Lipinski definition) is 0. The van der Waals surface area contributed by atoms with Crippen LogP contribution in [0, 0.1) is 0 Å². The first-order valence-corrected chi connectivity index (χ1v) is 11.5. The molecular weight excluding hydrogens is 426 g/mol. The Morgan fingerprint density at radius 1 is 0.735 bits per heavy atom. The Morgan fingerprint density at radius 3 is 2.15 bits per heavy atom. The highest BCUT2D eigenvalue weighted by atomic mass is 16.5. The van der Waals surface area contributed by atoms with E-state index in [-0.39, 0.29) is 0 Å². The molecule has 1 aliphatic heterocycles. The van der Waals surface area contributed by atoms with Crippen molar-refractivity contribution in [1.29, 1.82) is 0 Å². The summed E-state index contributed by atoms with van der Waals surface area (Å²) >= 11 is 0. The fourth-order valence-corrected chi connectivity index (χ4v) is 4.35. The molecule has 1 saturated heterocycles. The molecule has 1 fully saturated rings. The second kappa shape index (κ2) is 9.91. The number of anilines is 2. The van der Waals surface area contributed by atoms with E-state index in [1.54, 1.807) is 14.2 Å². The number of fused-ring (bicyclic) bond motifs is 1. The largest absolute Gasteiger partial charge is 0.497 e. The summed E-state index contributed by atoms with van der Waals surface area (Å²) in [5.74, 6) is 3.24. The van der Waals surface area contributed by atoms with E-state index in [0.717, 1.165) is 65.7 Å². The molecule has 5 rings (SSSR count). The van der Waals surface area contributed by atoms with Gasteiger partial charge in [-0.05, 0) is 48.0 Å². The minimum absolute atomic E-state index is 0.397. The highest BCUT2D eigenvalue weighted by molar-refractivity contribution is 5.86. The van der Waals surface area contributed by atoms with Crippen LogP contribution in [0.15, 0.2) is 78.9 Å². The number of piperazine rings is 1. The van der Waals surface area contributed by atoms with Gasteiger partial charge in [0, 0.05) is 43.3 Å². The molecule has 0 spiro atoms. The molecule has 1 aromatic heterocycles. The molecule has 0 amide bonds. The summed E-state index contributed by atoms with van der Waals surface area (Å²) in [4.78, 5) is 9.78. The average Bonchev–Trinajstić information content (AvgIpc) is 2.92. The first-order valence-electron chi connectivity index (χ1n) is 11.5. The van der Waals surface area contributed by atoms with Crippen molar-refractivity contribution in [3.63, 3.8) is 0 Å². The summed E-state index contributed by atoms with van der Waals surface area (Å²) in [7, 11) is 3.30. The molecule has 6 nitrogen and oxygen atoms in total. The number of methoxy groups -OCH3 is 2. The van der Waals surface area contributed by atoms with Gasteiger partial charge in [0.05, 0.1) is 14.2 Å². The topological polar surface area (TPSA) is 47.1 Å². The fourth-order valence-electron chi connectivity index (χ4n) is 4.35. The first kappa shape index (κ1) is 21.9. The van der Waals surface area contributed by atoms with E-state index in [9.17, 15) is 0 Å². The third-order valence-electron chi connectivity index (χ3n) is 6.20. The predicted octanol–water partition coefficient (Wildman–Crippen LogP) is 5.16. The van der Waals surface area contributed by atoms with Crippen LogP contribution < -0.4 is 24.0 Å². The minimum Gasteiger partial charge on any atom is -0.497 e. The zero-order chi connectivity index (χ0) is 23.3. The van der Waals surface area contributed by atoms with Crippen LogP contribution in [0.25, 0.3) is 10.9 Å². The second-order valence-electron chi connectivity index (χ2n) is 8.32. The maximum atomic E-state index is 6.22. The molecular formula is C28H29N3O3. The quantitative estimate of drug-likeness (QED) is 0.384. The van der Waals surface area contributed by atoms with Crippen LogP contribution >= 0.6 is 0 Å². The van der Waals surface area contributed by atoms with Gasteiger partial charge in [0.2, 0.25) is 0 Å². The van der Waals surface area contributed by atoms with E-state index < -0.39 is 0 Å². The van der Waals surface area contributed by atoms with Gasteiger partial charge < -0.3 is 24.0 Å². The van der Waals surface area contributed by atoms with E-state index in [4.69, 9.17) is 19.2 Å². The molecule has 3 aromatic carbocycles. The van der Waals surface area contributed by atoms with E-state index in [1.165, 1.54) is 5.69 Å². The van der Waals surface area contributed by atoms with Gasteiger partial charge in [0.1, 0.15) is 35.2 Å². The molecule has 6 heteroatoms. The molecule has 0 aliphatic carbocycles. The molecule has 0 atom stereocenters. The Balaban J connectivity index is 1.33. The van der Waals surface area contributed by atoms with Gasteiger partial charge in [0.25, 0.3) is 0 Å². The number of aromatic nitrogens is 1. The molecule has 2 heterocycles. The smallest absolute Gasteiger partial charge is 0.146 e. The molecule has 174 valence electrons. The Labute approximate surface area is 200 Å². The number of para-hydroxylation sites is 2. The molecule has 0 saturated carbocycles. The summed E-state index contributed by atoms with van der Waals surface area (Å²) in [5.41, 5.74) is 3.13. The van der Waals surface area contributed by atoms with Crippen LogP contribution in [0.3, 0.4) is 0 Å². The van der Waals surface area contributed by atoms with Crippen molar-refractivity contribution in [3.05, 3.63) is 84.4 Å². The van der Waals surface area contributed by atoms with E-state index in [2.05, 4.69) is 58.3 Å². The van der Waals surface area contributed by atoms with Crippen LogP contribution in [0.4, 0.5) is 11.5 Å². The van der Waals surface area contributed by atoms with Crippen molar-refractivity contribution < 1.29 is 14.2 Å². The van der Waals surface area contributed by atoms with Gasteiger partial charge in [0.15, 0.2) is 0 Å².